The van der Waals surface area contributed by atoms with Crippen LogP contribution in [-0.2, 0) is 22.6 Å². The Labute approximate surface area is 171 Å². The maximum atomic E-state index is 11.6. The van der Waals surface area contributed by atoms with Gasteiger partial charge in [-0.2, -0.15) is 0 Å². The Morgan fingerprint density at radius 3 is 2.25 bits per heavy atom. The van der Waals surface area contributed by atoms with Gasteiger partial charge >= 0.3 is 0 Å². The van der Waals surface area contributed by atoms with E-state index in [-0.39, 0.29) is 6.42 Å². The molecule has 1 amide bonds. The van der Waals surface area contributed by atoms with Crippen molar-refractivity contribution in [1.82, 2.24) is 15.6 Å². The average molecular weight is 405 g/mol. The van der Waals surface area contributed by atoms with E-state index in [4.69, 9.17) is 26.8 Å². The van der Waals surface area contributed by atoms with Gasteiger partial charge in [0.25, 0.3) is 0 Å². The predicted molar refractivity (Wildman–Crippen MR) is 109 cm³/mol. The van der Waals surface area contributed by atoms with E-state index in [1.165, 1.54) is 0 Å². The number of nitrogens with one attached hydrogen (secondary N) is 1. The molecule has 1 N–H and O–H groups in total. The van der Waals surface area contributed by atoms with Crippen molar-refractivity contribution in [2.75, 3.05) is 7.11 Å². The normalized spacial score (nSPS) is 12.8. The minimum atomic E-state index is -0.664. The van der Waals surface area contributed by atoms with Crippen molar-refractivity contribution in [2.45, 2.75) is 52.1 Å². The summed E-state index contributed by atoms with van der Waals surface area (Å²) in [5, 5.41) is 0.425. The van der Waals surface area contributed by atoms with E-state index < -0.39 is 17.7 Å². The molecule has 0 spiro atoms. The fourth-order valence-corrected chi connectivity index (χ4v) is 2.88. The van der Waals surface area contributed by atoms with Crippen LogP contribution < -0.4 is 10.5 Å². The summed E-state index contributed by atoms with van der Waals surface area (Å²) in [5.41, 5.74) is 8.98. The number of rotatable bonds is 9. The highest BCUT2D eigenvalue weighted by Crippen LogP contribution is 2.22. The van der Waals surface area contributed by atoms with Crippen molar-refractivity contribution >= 4 is 17.5 Å². The van der Waals surface area contributed by atoms with Crippen molar-refractivity contribution in [1.29, 1.82) is 0 Å². The van der Waals surface area contributed by atoms with Crippen molar-refractivity contribution in [3.63, 3.8) is 0 Å². The standard InChI is InChI=1S/C21H27ClN3O3/c1-21(2,3)28-20(11-19(23)26)25(14-16-7-10-18(22)24-12-16)13-15-5-8-17(27-4)9-6-15/h5-10,12,20,23H,11,13-14H2,1-4H3. The van der Waals surface area contributed by atoms with Crippen molar-refractivity contribution in [3.05, 3.63) is 58.9 Å². The number of carbonyl (C=O) groups excluding carboxylic acids is 1. The molecule has 1 aromatic heterocycles. The molecule has 151 valence electrons. The molecule has 0 bridgehead atoms. The van der Waals surface area contributed by atoms with Crippen LogP contribution in [0.5, 0.6) is 5.75 Å². The molecule has 6 nitrogen and oxygen atoms in total. The molecule has 0 saturated heterocycles. The second-order valence-electron chi connectivity index (χ2n) is 7.55. The Bertz CT molecular complexity index is 758. The number of benzene rings is 1. The molecule has 7 heteroatoms. The second-order valence-corrected chi connectivity index (χ2v) is 7.94. The van der Waals surface area contributed by atoms with E-state index in [2.05, 4.69) is 4.98 Å². The van der Waals surface area contributed by atoms with Crippen LogP contribution in [0.1, 0.15) is 38.3 Å². The van der Waals surface area contributed by atoms with Crippen molar-refractivity contribution in [2.24, 2.45) is 0 Å². The number of amides is 1. The lowest BCUT2D eigenvalue weighted by atomic mass is 10.1. The topological polar surface area (TPSA) is 75.5 Å². The summed E-state index contributed by atoms with van der Waals surface area (Å²) in [6, 6.07) is 11.4. The molecule has 2 aromatic rings. The molecule has 0 saturated carbocycles. The van der Waals surface area contributed by atoms with Gasteiger partial charge in [-0.25, -0.2) is 4.98 Å². The molecule has 0 aliphatic heterocycles. The number of aromatic nitrogens is 1. The highest BCUT2D eigenvalue weighted by Gasteiger charge is 2.27. The molecule has 0 aliphatic rings. The highest BCUT2D eigenvalue weighted by atomic mass is 35.5. The molecule has 28 heavy (non-hydrogen) atoms. The highest BCUT2D eigenvalue weighted by molar-refractivity contribution is 6.29. The van der Waals surface area contributed by atoms with Crippen molar-refractivity contribution < 1.29 is 14.3 Å². The van der Waals surface area contributed by atoms with Gasteiger partial charge < -0.3 is 9.47 Å². The van der Waals surface area contributed by atoms with E-state index in [1.807, 2.05) is 56.0 Å². The van der Waals surface area contributed by atoms with Crippen LogP contribution in [0.25, 0.3) is 0 Å². The predicted octanol–water partition coefficient (Wildman–Crippen LogP) is 4.09. The van der Waals surface area contributed by atoms with Gasteiger partial charge in [-0.3, -0.25) is 15.4 Å². The third kappa shape index (κ3) is 7.46. The number of pyridine rings is 1. The first-order valence-electron chi connectivity index (χ1n) is 9.06. The zero-order valence-corrected chi connectivity index (χ0v) is 17.5. The molecular weight excluding hydrogens is 378 g/mol. The average Bonchev–Trinajstić information content (AvgIpc) is 2.61. The van der Waals surface area contributed by atoms with Gasteiger partial charge in [0.2, 0.25) is 5.91 Å². The smallest absolute Gasteiger partial charge is 0.242 e. The molecule has 0 aliphatic carbocycles. The lowest BCUT2D eigenvalue weighted by Gasteiger charge is -2.35. The lowest BCUT2D eigenvalue weighted by molar-refractivity contribution is -0.152. The summed E-state index contributed by atoms with van der Waals surface area (Å²) in [6.07, 6.45) is 1.15. The Kier molecular flexibility index (Phi) is 7.80. The van der Waals surface area contributed by atoms with Gasteiger partial charge in [-0.1, -0.05) is 29.8 Å². The summed E-state index contributed by atoms with van der Waals surface area (Å²) in [7, 11) is 1.63. The molecule has 1 heterocycles. The van der Waals surface area contributed by atoms with Gasteiger partial charge in [-0.15, -0.1) is 0 Å². The van der Waals surface area contributed by atoms with Crippen LogP contribution in [0.15, 0.2) is 42.6 Å². The maximum Gasteiger partial charge on any atom is 0.242 e. The summed E-state index contributed by atoms with van der Waals surface area (Å²) in [5.74, 6) is 0.115. The van der Waals surface area contributed by atoms with E-state index in [9.17, 15) is 4.79 Å². The third-order valence-electron chi connectivity index (χ3n) is 3.98. The molecule has 2 rings (SSSR count). The largest absolute Gasteiger partial charge is 0.497 e. The fourth-order valence-electron chi connectivity index (χ4n) is 2.77. The first kappa shape index (κ1) is 22.1. The van der Waals surface area contributed by atoms with Crippen LogP contribution in [0.4, 0.5) is 0 Å². The quantitative estimate of drug-likeness (QED) is 0.464. The Hall–Kier alpha value is -2.15. The first-order chi connectivity index (χ1) is 13.2. The molecule has 0 fully saturated rings. The van der Waals surface area contributed by atoms with Crippen LogP contribution in [0, 0.1) is 0 Å². The van der Waals surface area contributed by atoms with Gasteiger partial charge in [0.1, 0.15) is 17.1 Å². The summed E-state index contributed by atoms with van der Waals surface area (Å²) >= 11 is 5.89. The fraction of sp³-hybridized carbons (Fsp3) is 0.429. The van der Waals surface area contributed by atoms with E-state index in [0.29, 0.717) is 18.2 Å². The lowest BCUT2D eigenvalue weighted by Crippen LogP contribution is -2.42. The Morgan fingerprint density at radius 2 is 1.75 bits per heavy atom. The minimum Gasteiger partial charge on any atom is -0.497 e. The van der Waals surface area contributed by atoms with Crippen LogP contribution in [0.3, 0.4) is 0 Å². The summed E-state index contributed by atoms with van der Waals surface area (Å²) in [4.78, 5) is 17.8. The molecular formula is C21H27ClN3O3. The van der Waals surface area contributed by atoms with Gasteiger partial charge in [0.15, 0.2) is 0 Å². The van der Waals surface area contributed by atoms with Crippen LogP contribution in [0.2, 0.25) is 5.15 Å². The van der Waals surface area contributed by atoms with E-state index in [1.54, 1.807) is 19.4 Å². The zero-order chi connectivity index (χ0) is 20.7. The number of hydrogen-bond donors (Lipinski definition) is 0. The summed E-state index contributed by atoms with van der Waals surface area (Å²) < 4.78 is 11.4. The van der Waals surface area contributed by atoms with Gasteiger partial charge in [-0.05, 0) is 50.1 Å². The molecule has 1 unspecified atom stereocenters. The Balaban J connectivity index is 2.29. The zero-order valence-electron chi connectivity index (χ0n) is 16.7. The molecule has 1 radical (unpaired) electrons. The maximum absolute atomic E-state index is 11.6. The van der Waals surface area contributed by atoms with Crippen molar-refractivity contribution in [3.8, 4) is 5.75 Å². The number of halogens is 1. The first-order valence-corrected chi connectivity index (χ1v) is 9.44. The number of methoxy groups -OCH3 is 1. The number of carbonyl (C=O) groups is 1. The van der Waals surface area contributed by atoms with Crippen LogP contribution >= 0.6 is 11.6 Å². The summed E-state index contributed by atoms with van der Waals surface area (Å²) in [6.45, 7) is 6.85. The Morgan fingerprint density at radius 1 is 1.14 bits per heavy atom. The monoisotopic (exact) mass is 404 g/mol. The van der Waals surface area contributed by atoms with Gasteiger partial charge in [0.05, 0.1) is 19.1 Å². The number of hydrogen-bond acceptors (Lipinski definition) is 5. The second kappa shape index (κ2) is 9.87. The van der Waals surface area contributed by atoms with E-state index in [0.717, 1.165) is 16.9 Å². The third-order valence-corrected chi connectivity index (χ3v) is 4.20. The number of nitrogens with zero attached hydrogens (tertiary/aromatic N) is 2. The molecule has 1 atom stereocenters. The van der Waals surface area contributed by atoms with Gasteiger partial charge in [0, 0.05) is 19.3 Å². The molecule has 1 aromatic carbocycles. The van der Waals surface area contributed by atoms with E-state index >= 15 is 0 Å². The minimum absolute atomic E-state index is 0.0194. The number of ether oxygens (including phenoxy) is 2. The SMILES string of the molecule is COc1ccc(CN(Cc2ccc(Cl)nc2)C(CC([NH])=O)OC(C)(C)C)cc1. The van der Waals surface area contributed by atoms with Crippen LogP contribution in [-0.4, -0.2) is 34.7 Å².